The van der Waals surface area contributed by atoms with Gasteiger partial charge in [-0.3, -0.25) is 0 Å². The summed E-state index contributed by atoms with van der Waals surface area (Å²) < 4.78 is 5.54. The first kappa shape index (κ1) is 19.6. The second-order valence-electron chi connectivity index (χ2n) is 8.28. The van der Waals surface area contributed by atoms with E-state index < -0.39 is 0 Å². The summed E-state index contributed by atoms with van der Waals surface area (Å²) in [6, 6.07) is 20.4. The Morgan fingerprint density at radius 2 is 1.66 bits per heavy atom. The number of rotatable bonds is 7. The summed E-state index contributed by atoms with van der Waals surface area (Å²) in [7, 11) is 0. The van der Waals surface area contributed by atoms with Crippen LogP contribution in [-0.4, -0.2) is 30.6 Å². The molecule has 1 N–H and O–H groups in total. The third kappa shape index (κ3) is 4.64. The van der Waals surface area contributed by atoms with E-state index in [2.05, 4.69) is 36.2 Å². The standard InChI is InChI=1S/C25H30N2O2/c1-20(26-18-21-12-13-21)25(23-10-6-3-7-11-23)14-16-27(17-15-25)24(28)29-19-22-8-4-2-5-9-22/h2-11,21,26H,1,12-19H2. The van der Waals surface area contributed by atoms with E-state index in [0.717, 1.165) is 36.6 Å². The maximum absolute atomic E-state index is 12.6. The molecule has 0 radical (unpaired) electrons. The van der Waals surface area contributed by atoms with Gasteiger partial charge < -0.3 is 15.0 Å². The highest BCUT2D eigenvalue weighted by Crippen LogP contribution is 2.41. The quantitative estimate of drug-likeness (QED) is 0.733. The lowest BCUT2D eigenvalue weighted by Gasteiger charge is -2.43. The van der Waals surface area contributed by atoms with Crippen LogP contribution in [0.1, 0.15) is 36.8 Å². The number of piperidine rings is 1. The van der Waals surface area contributed by atoms with Gasteiger partial charge in [-0.2, -0.15) is 0 Å². The molecule has 1 amide bonds. The number of carbonyl (C=O) groups is 1. The minimum atomic E-state index is -0.230. The van der Waals surface area contributed by atoms with Crippen LogP contribution in [0.3, 0.4) is 0 Å². The maximum atomic E-state index is 12.6. The summed E-state index contributed by atoms with van der Waals surface area (Å²) in [6.45, 7) is 7.10. The average Bonchev–Trinajstić information content (AvgIpc) is 3.62. The second-order valence-corrected chi connectivity index (χ2v) is 8.28. The molecular weight excluding hydrogens is 360 g/mol. The van der Waals surface area contributed by atoms with E-state index in [1.54, 1.807) is 0 Å². The van der Waals surface area contributed by atoms with Crippen molar-refractivity contribution in [3.05, 3.63) is 84.1 Å². The molecule has 2 fully saturated rings. The molecule has 4 heteroatoms. The van der Waals surface area contributed by atoms with E-state index in [0.29, 0.717) is 19.7 Å². The monoisotopic (exact) mass is 390 g/mol. The predicted octanol–water partition coefficient (Wildman–Crippen LogP) is 4.87. The Hall–Kier alpha value is -2.75. The molecule has 0 atom stereocenters. The van der Waals surface area contributed by atoms with Crippen molar-refractivity contribution in [1.82, 2.24) is 10.2 Å². The van der Waals surface area contributed by atoms with Gasteiger partial charge in [-0.15, -0.1) is 0 Å². The molecule has 1 aliphatic heterocycles. The Kier molecular flexibility index (Phi) is 5.89. The average molecular weight is 391 g/mol. The van der Waals surface area contributed by atoms with Gasteiger partial charge in [0.2, 0.25) is 0 Å². The summed E-state index contributed by atoms with van der Waals surface area (Å²) in [6.07, 6.45) is 4.12. The molecule has 1 saturated carbocycles. The number of likely N-dealkylation sites (tertiary alicyclic amines) is 1. The highest BCUT2D eigenvalue weighted by atomic mass is 16.6. The number of ether oxygens (including phenoxy) is 1. The summed E-state index contributed by atoms with van der Waals surface area (Å²) in [5, 5.41) is 3.62. The number of nitrogens with zero attached hydrogens (tertiary/aromatic N) is 1. The van der Waals surface area contributed by atoms with Gasteiger partial charge in [0.05, 0.1) is 0 Å². The van der Waals surface area contributed by atoms with Crippen molar-refractivity contribution < 1.29 is 9.53 Å². The van der Waals surface area contributed by atoms with Crippen LogP contribution in [0.2, 0.25) is 0 Å². The molecule has 2 aromatic carbocycles. The molecule has 0 unspecified atom stereocenters. The fraction of sp³-hybridized carbons (Fsp3) is 0.400. The van der Waals surface area contributed by atoms with E-state index >= 15 is 0 Å². The number of allylic oxidation sites excluding steroid dienone is 1. The van der Waals surface area contributed by atoms with Crippen molar-refractivity contribution in [3.8, 4) is 0 Å². The molecule has 152 valence electrons. The van der Waals surface area contributed by atoms with E-state index in [9.17, 15) is 4.79 Å². The van der Waals surface area contributed by atoms with E-state index in [-0.39, 0.29) is 11.5 Å². The molecule has 1 aliphatic carbocycles. The molecule has 4 nitrogen and oxygen atoms in total. The van der Waals surface area contributed by atoms with Gasteiger partial charge in [0.25, 0.3) is 0 Å². The maximum Gasteiger partial charge on any atom is 0.410 e. The number of amides is 1. The minimum Gasteiger partial charge on any atom is -0.445 e. The van der Waals surface area contributed by atoms with Gasteiger partial charge in [0.15, 0.2) is 0 Å². The lowest BCUT2D eigenvalue weighted by molar-refractivity contribution is 0.0803. The van der Waals surface area contributed by atoms with Crippen LogP contribution in [0.15, 0.2) is 72.9 Å². The fourth-order valence-electron chi connectivity index (χ4n) is 4.16. The molecule has 0 bridgehead atoms. The molecule has 29 heavy (non-hydrogen) atoms. The molecule has 0 aromatic heterocycles. The molecule has 4 rings (SSSR count). The van der Waals surface area contributed by atoms with Crippen molar-refractivity contribution in [3.63, 3.8) is 0 Å². The van der Waals surface area contributed by atoms with Crippen LogP contribution in [-0.2, 0) is 16.8 Å². The highest BCUT2D eigenvalue weighted by Gasteiger charge is 2.40. The minimum absolute atomic E-state index is 0.133. The van der Waals surface area contributed by atoms with Crippen molar-refractivity contribution >= 4 is 6.09 Å². The van der Waals surface area contributed by atoms with Gasteiger partial charge >= 0.3 is 6.09 Å². The zero-order valence-electron chi connectivity index (χ0n) is 17.0. The van der Waals surface area contributed by atoms with Crippen LogP contribution in [0, 0.1) is 5.92 Å². The molecule has 2 aromatic rings. The smallest absolute Gasteiger partial charge is 0.410 e. The number of carbonyl (C=O) groups excluding carboxylic acids is 1. The third-order valence-electron chi connectivity index (χ3n) is 6.29. The predicted molar refractivity (Wildman–Crippen MR) is 115 cm³/mol. The van der Waals surface area contributed by atoms with Crippen LogP contribution >= 0.6 is 0 Å². The molecule has 0 spiro atoms. The number of hydrogen-bond acceptors (Lipinski definition) is 3. The number of benzene rings is 2. The van der Waals surface area contributed by atoms with Crippen molar-refractivity contribution in [1.29, 1.82) is 0 Å². The van der Waals surface area contributed by atoms with Gasteiger partial charge in [-0.05, 0) is 42.7 Å². The van der Waals surface area contributed by atoms with E-state index in [1.807, 2.05) is 41.3 Å². The summed E-state index contributed by atoms with van der Waals surface area (Å²) in [5.74, 6) is 0.799. The Balaban J connectivity index is 1.40. The molecule has 1 heterocycles. The van der Waals surface area contributed by atoms with E-state index in [1.165, 1.54) is 18.4 Å². The first-order valence-corrected chi connectivity index (χ1v) is 10.6. The van der Waals surface area contributed by atoms with Crippen LogP contribution in [0.5, 0.6) is 0 Å². The summed E-state index contributed by atoms with van der Waals surface area (Å²) >= 11 is 0. The van der Waals surface area contributed by atoms with Gasteiger partial charge in [-0.1, -0.05) is 67.2 Å². The van der Waals surface area contributed by atoms with Crippen molar-refractivity contribution in [2.75, 3.05) is 19.6 Å². The van der Waals surface area contributed by atoms with Crippen LogP contribution in [0.25, 0.3) is 0 Å². The largest absolute Gasteiger partial charge is 0.445 e. The van der Waals surface area contributed by atoms with Crippen LogP contribution < -0.4 is 5.32 Å². The normalized spacial score (nSPS) is 18.1. The Morgan fingerprint density at radius 1 is 1.03 bits per heavy atom. The lowest BCUT2D eigenvalue weighted by atomic mass is 9.70. The number of hydrogen-bond donors (Lipinski definition) is 1. The Morgan fingerprint density at radius 3 is 2.28 bits per heavy atom. The van der Waals surface area contributed by atoms with Crippen LogP contribution in [0.4, 0.5) is 4.79 Å². The van der Waals surface area contributed by atoms with Crippen molar-refractivity contribution in [2.24, 2.45) is 5.92 Å². The number of nitrogens with one attached hydrogen (secondary N) is 1. The first-order chi connectivity index (χ1) is 14.2. The lowest BCUT2D eigenvalue weighted by Crippen LogP contribution is -2.48. The first-order valence-electron chi connectivity index (χ1n) is 10.6. The Bertz CT molecular complexity index is 822. The third-order valence-corrected chi connectivity index (χ3v) is 6.29. The van der Waals surface area contributed by atoms with Gasteiger partial charge in [-0.25, -0.2) is 4.79 Å². The van der Waals surface area contributed by atoms with Gasteiger partial charge in [0.1, 0.15) is 6.61 Å². The topological polar surface area (TPSA) is 41.6 Å². The van der Waals surface area contributed by atoms with E-state index in [4.69, 9.17) is 4.74 Å². The fourth-order valence-corrected chi connectivity index (χ4v) is 4.16. The second kappa shape index (κ2) is 8.73. The SMILES string of the molecule is C=C(NCC1CC1)C1(c2ccccc2)CCN(C(=O)OCc2ccccc2)CC1. The molecular formula is C25H30N2O2. The van der Waals surface area contributed by atoms with Gasteiger partial charge in [0, 0.05) is 30.7 Å². The zero-order valence-corrected chi connectivity index (χ0v) is 17.0. The zero-order chi connectivity index (χ0) is 20.1. The highest BCUT2D eigenvalue weighted by molar-refractivity contribution is 5.68. The summed E-state index contributed by atoms with van der Waals surface area (Å²) in [5.41, 5.74) is 3.25. The Labute approximate surface area is 173 Å². The van der Waals surface area contributed by atoms with Crippen molar-refractivity contribution in [2.45, 2.75) is 37.7 Å². The molecule has 1 saturated heterocycles. The summed E-state index contributed by atoms with van der Waals surface area (Å²) in [4.78, 5) is 14.4. The molecule has 2 aliphatic rings.